The summed E-state index contributed by atoms with van der Waals surface area (Å²) < 4.78 is 5.29. The van der Waals surface area contributed by atoms with Gasteiger partial charge in [-0.05, 0) is 40.8 Å². The number of carbonyl (C=O) groups excluding carboxylic acids is 2. The largest absolute Gasteiger partial charge is 0.497 e. The first-order chi connectivity index (χ1) is 13.2. The monoisotopic (exact) mass is 386 g/mol. The number of methoxy groups -OCH3 is 1. The average molecular weight is 386 g/mol. The first-order valence-electron chi connectivity index (χ1n) is 9.11. The summed E-state index contributed by atoms with van der Waals surface area (Å²) >= 11 is 0. The number of nitrogens with one attached hydrogen (secondary N) is 1. The number of benzene rings is 2. The molecule has 0 aromatic heterocycles. The molecule has 150 valence electrons. The van der Waals surface area contributed by atoms with Gasteiger partial charge in [0, 0.05) is 13.5 Å². The van der Waals surface area contributed by atoms with Gasteiger partial charge in [0.2, 0.25) is 5.91 Å². The second kappa shape index (κ2) is 9.21. The van der Waals surface area contributed by atoms with Crippen LogP contribution >= 0.6 is 0 Å². The third kappa shape index (κ3) is 5.00. The lowest BCUT2D eigenvalue weighted by atomic mass is 10.0. The molecule has 2 N–H and O–H groups in total. The molecule has 0 spiro atoms. The maximum atomic E-state index is 12.8. The van der Waals surface area contributed by atoms with Gasteiger partial charge in [-0.25, -0.2) is 4.79 Å². The third-order valence-electron chi connectivity index (χ3n) is 4.64. The molecular weight excluding hydrogens is 360 g/mol. The fourth-order valence-electron chi connectivity index (χ4n) is 3.13. The number of hydrogen-bond acceptors (Lipinski definition) is 4. The second-order valence-corrected chi connectivity index (χ2v) is 6.93. The van der Waals surface area contributed by atoms with Gasteiger partial charge in [-0.2, -0.15) is 0 Å². The van der Waals surface area contributed by atoms with Gasteiger partial charge in [-0.3, -0.25) is 14.5 Å². The highest BCUT2D eigenvalue weighted by Gasteiger charge is 2.30. The number of carboxylic acid groups (broad SMARTS) is 1. The third-order valence-corrected chi connectivity index (χ3v) is 4.64. The van der Waals surface area contributed by atoms with Crippen LogP contribution in [-0.4, -0.2) is 47.6 Å². The predicted molar refractivity (Wildman–Crippen MR) is 106 cm³/mol. The van der Waals surface area contributed by atoms with Crippen molar-refractivity contribution >= 4 is 28.7 Å². The van der Waals surface area contributed by atoms with Gasteiger partial charge in [-0.1, -0.05) is 38.1 Å². The van der Waals surface area contributed by atoms with E-state index in [0.29, 0.717) is 6.42 Å². The quantitative estimate of drug-likeness (QED) is 0.762. The summed E-state index contributed by atoms with van der Waals surface area (Å²) in [7, 11) is 1.60. The average Bonchev–Trinajstić information content (AvgIpc) is 2.65. The minimum atomic E-state index is -1.29. The SMILES string of the molecule is COc1ccc2cccc(CCN(C(C)=O)C(=O)C(NC(=O)O)C(C)C)c2c1. The number of amides is 3. The number of carbonyl (C=O) groups is 3. The van der Waals surface area contributed by atoms with E-state index in [2.05, 4.69) is 5.32 Å². The Morgan fingerprint density at radius 1 is 1.18 bits per heavy atom. The minimum Gasteiger partial charge on any atom is -0.497 e. The van der Waals surface area contributed by atoms with Crippen molar-refractivity contribution in [3.8, 4) is 5.75 Å². The van der Waals surface area contributed by atoms with Crippen molar-refractivity contribution < 1.29 is 24.2 Å². The Morgan fingerprint density at radius 2 is 1.89 bits per heavy atom. The van der Waals surface area contributed by atoms with Crippen molar-refractivity contribution in [1.29, 1.82) is 0 Å². The first-order valence-corrected chi connectivity index (χ1v) is 9.11. The molecular formula is C21H26N2O5. The van der Waals surface area contributed by atoms with Crippen molar-refractivity contribution in [2.75, 3.05) is 13.7 Å². The van der Waals surface area contributed by atoms with Gasteiger partial charge >= 0.3 is 6.09 Å². The van der Waals surface area contributed by atoms with Crippen molar-refractivity contribution in [3.63, 3.8) is 0 Å². The lowest BCUT2D eigenvalue weighted by molar-refractivity contribution is -0.145. The summed E-state index contributed by atoms with van der Waals surface area (Å²) in [6.45, 7) is 4.93. The Balaban J connectivity index is 2.26. The molecule has 2 aromatic rings. The number of fused-ring (bicyclic) bond motifs is 1. The highest BCUT2D eigenvalue weighted by Crippen LogP contribution is 2.24. The highest BCUT2D eigenvalue weighted by molar-refractivity contribution is 5.98. The molecule has 0 saturated carbocycles. The molecule has 0 fully saturated rings. The number of nitrogens with zero attached hydrogens (tertiary/aromatic N) is 1. The lowest BCUT2D eigenvalue weighted by Gasteiger charge is -2.27. The molecule has 2 aromatic carbocycles. The van der Waals surface area contributed by atoms with E-state index in [0.717, 1.165) is 27.0 Å². The van der Waals surface area contributed by atoms with Gasteiger partial charge in [-0.15, -0.1) is 0 Å². The lowest BCUT2D eigenvalue weighted by Crippen LogP contribution is -2.52. The fraction of sp³-hybridized carbons (Fsp3) is 0.381. The van der Waals surface area contributed by atoms with Crippen LogP contribution in [0.5, 0.6) is 5.75 Å². The van der Waals surface area contributed by atoms with E-state index < -0.39 is 23.9 Å². The topological polar surface area (TPSA) is 95.9 Å². The van der Waals surface area contributed by atoms with E-state index in [4.69, 9.17) is 9.84 Å². The Bertz CT molecular complexity index is 878. The molecule has 28 heavy (non-hydrogen) atoms. The Morgan fingerprint density at radius 3 is 2.46 bits per heavy atom. The van der Waals surface area contributed by atoms with E-state index in [1.807, 2.05) is 36.4 Å². The summed E-state index contributed by atoms with van der Waals surface area (Å²) in [6, 6.07) is 10.6. The second-order valence-electron chi connectivity index (χ2n) is 6.93. The summed E-state index contributed by atoms with van der Waals surface area (Å²) in [6.07, 6.45) is -0.843. The van der Waals surface area contributed by atoms with Gasteiger partial charge < -0.3 is 15.2 Å². The van der Waals surface area contributed by atoms with Crippen molar-refractivity contribution in [3.05, 3.63) is 42.0 Å². The zero-order valence-corrected chi connectivity index (χ0v) is 16.6. The number of imide groups is 1. The van der Waals surface area contributed by atoms with Gasteiger partial charge in [0.1, 0.15) is 11.8 Å². The maximum Gasteiger partial charge on any atom is 0.405 e. The van der Waals surface area contributed by atoms with E-state index in [-0.39, 0.29) is 12.5 Å². The minimum absolute atomic E-state index is 0.162. The molecule has 2 rings (SSSR count). The van der Waals surface area contributed by atoms with Gasteiger partial charge in [0.25, 0.3) is 5.91 Å². The Labute approximate surface area is 164 Å². The standard InChI is InChI=1S/C21H26N2O5/c1-13(2)19(22-21(26)27)20(25)23(14(3)24)11-10-16-7-5-6-15-8-9-17(28-4)12-18(15)16/h5-9,12-13,19,22H,10-11H2,1-4H3,(H,26,27). The van der Waals surface area contributed by atoms with E-state index >= 15 is 0 Å². The van der Waals surface area contributed by atoms with Crippen molar-refractivity contribution in [2.24, 2.45) is 5.92 Å². The molecule has 0 aliphatic carbocycles. The van der Waals surface area contributed by atoms with Crippen LogP contribution in [-0.2, 0) is 16.0 Å². The number of hydrogen-bond donors (Lipinski definition) is 2. The van der Waals surface area contributed by atoms with Gasteiger partial charge in [0.05, 0.1) is 7.11 Å². The van der Waals surface area contributed by atoms with Crippen LogP contribution in [0.4, 0.5) is 4.79 Å². The Kier molecular flexibility index (Phi) is 6.98. The summed E-state index contributed by atoms with van der Waals surface area (Å²) in [5.74, 6) is -0.513. The smallest absolute Gasteiger partial charge is 0.405 e. The van der Waals surface area contributed by atoms with Crippen LogP contribution in [0.2, 0.25) is 0 Å². The van der Waals surface area contributed by atoms with Crippen LogP contribution in [0, 0.1) is 5.92 Å². The Hall–Kier alpha value is -3.09. The number of ether oxygens (including phenoxy) is 1. The molecule has 0 bridgehead atoms. The summed E-state index contributed by atoms with van der Waals surface area (Å²) in [5, 5.41) is 13.2. The molecule has 0 saturated heterocycles. The van der Waals surface area contributed by atoms with Crippen LogP contribution in [0.15, 0.2) is 36.4 Å². The zero-order valence-electron chi connectivity index (χ0n) is 16.6. The fourth-order valence-corrected chi connectivity index (χ4v) is 3.13. The molecule has 7 nitrogen and oxygen atoms in total. The first kappa shape index (κ1) is 21.2. The van der Waals surface area contributed by atoms with Crippen LogP contribution in [0.3, 0.4) is 0 Å². The van der Waals surface area contributed by atoms with Crippen molar-refractivity contribution in [1.82, 2.24) is 10.2 Å². The predicted octanol–water partition coefficient (Wildman–Crippen LogP) is 3.06. The van der Waals surface area contributed by atoms with Crippen LogP contribution in [0.25, 0.3) is 10.8 Å². The maximum absolute atomic E-state index is 12.8. The van der Waals surface area contributed by atoms with Crippen LogP contribution in [0.1, 0.15) is 26.3 Å². The molecule has 0 aliphatic rings. The molecule has 1 unspecified atom stereocenters. The van der Waals surface area contributed by atoms with Crippen molar-refractivity contribution in [2.45, 2.75) is 33.2 Å². The van der Waals surface area contributed by atoms with Crippen LogP contribution < -0.4 is 10.1 Å². The molecule has 0 heterocycles. The molecule has 1 atom stereocenters. The summed E-state index contributed by atoms with van der Waals surface area (Å²) in [5.41, 5.74) is 0.975. The zero-order chi connectivity index (χ0) is 20.8. The van der Waals surface area contributed by atoms with E-state index in [1.165, 1.54) is 6.92 Å². The molecule has 0 aliphatic heterocycles. The molecule has 7 heteroatoms. The van der Waals surface area contributed by atoms with E-state index in [9.17, 15) is 14.4 Å². The van der Waals surface area contributed by atoms with Gasteiger partial charge in [0.15, 0.2) is 0 Å². The number of rotatable bonds is 7. The normalized spacial score (nSPS) is 11.9. The molecule has 3 amide bonds. The van der Waals surface area contributed by atoms with E-state index in [1.54, 1.807) is 21.0 Å². The molecule has 0 radical (unpaired) electrons. The highest BCUT2D eigenvalue weighted by atomic mass is 16.5. The summed E-state index contributed by atoms with van der Waals surface area (Å²) in [4.78, 5) is 37.0.